The number of β-amino-alcohol motifs (C(OH)–C–C–N with tert-alkyl or cyclic N) is 1. The van der Waals surface area contributed by atoms with Crippen molar-refractivity contribution in [1.29, 1.82) is 0 Å². The molecule has 120 valence electrons. The highest BCUT2D eigenvalue weighted by Crippen LogP contribution is 2.25. The minimum Gasteiger partial charge on any atom is -0.490 e. The smallest absolute Gasteiger partial charge is 0.257 e. The Kier molecular flexibility index (Phi) is 4.25. The molecule has 1 aromatic heterocycles. The van der Waals surface area contributed by atoms with Gasteiger partial charge in [-0.15, -0.1) is 0 Å². The van der Waals surface area contributed by atoms with Gasteiger partial charge in [-0.05, 0) is 25.0 Å². The van der Waals surface area contributed by atoms with E-state index in [0.29, 0.717) is 18.5 Å². The molecule has 23 heavy (non-hydrogen) atoms. The summed E-state index contributed by atoms with van der Waals surface area (Å²) in [5.41, 5.74) is 0.410. The Hall–Kier alpha value is -2.47. The van der Waals surface area contributed by atoms with Crippen molar-refractivity contribution < 1.29 is 14.6 Å². The molecule has 1 N–H and O–H groups in total. The molecule has 1 amide bonds. The van der Waals surface area contributed by atoms with E-state index in [2.05, 4.69) is 9.97 Å². The lowest BCUT2D eigenvalue weighted by molar-refractivity contribution is 0.00412. The fraction of sp³-hybridized carbons (Fsp3) is 0.353. The Morgan fingerprint density at radius 2 is 2.09 bits per heavy atom. The molecule has 1 aliphatic rings. The summed E-state index contributed by atoms with van der Waals surface area (Å²) >= 11 is 0. The molecular formula is C17H19N3O3. The van der Waals surface area contributed by atoms with Crippen LogP contribution in [0.15, 0.2) is 43.0 Å². The summed E-state index contributed by atoms with van der Waals surface area (Å²) in [6.45, 7) is 2.85. The van der Waals surface area contributed by atoms with Crippen molar-refractivity contribution in [3.05, 3.63) is 54.1 Å². The summed E-state index contributed by atoms with van der Waals surface area (Å²) < 4.78 is 5.74. The van der Waals surface area contributed by atoms with Crippen LogP contribution in [0, 0.1) is 6.92 Å². The maximum atomic E-state index is 12.4. The lowest BCUT2D eigenvalue weighted by Gasteiger charge is -2.24. The molecule has 1 fully saturated rings. The molecule has 6 heteroatoms. The highest BCUT2D eigenvalue weighted by molar-refractivity contribution is 5.93. The Labute approximate surface area is 134 Å². The maximum Gasteiger partial charge on any atom is 0.257 e. The highest BCUT2D eigenvalue weighted by atomic mass is 16.5. The van der Waals surface area contributed by atoms with Crippen molar-refractivity contribution in [2.45, 2.75) is 18.9 Å². The van der Waals surface area contributed by atoms with E-state index in [1.165, 1.54) is 18.7 Å². The van der Waals surface area contributed by atoms with E-state index in [-0.39, 0.29) is 19.1 Å². The van der Waals surface area contributed by atoms with Crippen molar-refractivity contribution in [1.82, 2.24) is 14.9 Å². The van der Waals surface area contributed by atoms with Gasteiger partial charge < -0.3 is 14.7 Å². The summed E-state index contributed by atoms with van der Waals surface area (Å²) in [4.78, 5) is 21.7. The number of aromatic nitrogens is 2. The number of hydrogen-bond acceptors (Lipinski definition) is 5. The highest BCUT2D eigenvalue weighted by Gasteiger charge is 2.39. The molecule has 0 saturated carbocycles. The van der Waals surface area contributed by atoms with Gasteiger partial charge in [0, 0.05) is 18.9 Å². The zero-order chi connectivity index (χ0) is 16.3. The van der Waals surface area contributed by atoms with Crippen LogP contribution in [0.3, 0.4) is 0 Å². The topological polar surface area (TPSA) is 75.6 Å². The van der Waals surface area contributed by atoms with Gasteiger partial charge in [0.2, 0.25) is 0 Å². The fourth-order valence-corrected chi connectivity index (χ4v) is 2.67. The van der Waals surface area contributed by atoms with Crippen LogP contribution in [0.4, 0.5) is 0 Å². The number of carbonyl (C=O) groups excluding carboxylic acids is 1. The van der Waals surface area contributed by atoms with Gasteiger partial charge in [-0.1, -0.05) is 18.2 Å². The molecular weight excluding hydrogens is 294 g/mol. The predicted octanol–water partition coefficient (Wildman–Crippen LogP) is 1.44. The Bertz CT molecular complexity index is 692. The number of benzene rings is 1. The van der Waals surface area contributed by atoms with Crippen LogP contribution in [-0.2, 0) is 0 Å². The molecule has 0 bridgehead atoms. The zero-order valence-corrected chi connectivity index (χ0v) is 13.0. The summed E-state index contributed by atoms with van der Waals surface area (Å²) in [5, 5.41) is 10.7. The maximum absolute atomic E-state index is 12.4. The number of amides is 1. The zero-order valence-electron chi connectivity index (χ0n) is 13.0. The van der Waals surface area contributed by atoms with Crippen LogP contribution >= 0.6 is 0 Å². The van der Waals surface area contributed by atoms with Crippen LogP contribution in [-0.4, -0.2) is 51.2 Å². The van der Waals surface area contributed by atoms with Crippen molar-refractivity contribution >= 4 is 5.91 Å². The molecule has 0 spiro atoms. The Morgan fingerprint density at radius 1 is 1.35 bits per heavy atom. The minimum absolute atomic E-state index is 0.160. The third-order valence-corrected chi connectivity index (χ3v) is 4.02. The van der Waals surface area contributed by atoms with Gasteiger partial charge >= 0.3 is 0 Å². The third kappa shape index (κ3) is 3.48. The van der Waals surface area contributed by atoms with E-state index < -0.39 is 5.60 Å². The number of carbonyl (C=O) groups is 1. The first-order valence-corrected chi connectivity index (χ1v) is 7.52. The van der Waals surface area contributed by atoms with E-state index in [1.54, 1.807) is 4.90 Å². The number of rotatable bonds is 4. The number of hydrogen-bond donors (Lipinski definition) is 1. The van der Waals surface area contributed by atoms with Crippen LogP contribution in [0.2, 0.25) is 0 Å². The monoisotopic (exact) mass is 313 g/mol. The van der Waals surface area contributed by atoms with Crippen molar-refractivity contribution in [3.8, 4) is 5.75 Å². The van der Waals surface area contributed by atoms with E-state index in [4.69, 9.17) is 4.74 Å². The van der Waals surface area contributed by atoms with Crippen molar-refractivity contribution in [2.75, 3.05) is 19.7 Å². The van der Waals surface area contributed by atoms with Gasteiger partial charge in [-0.3, -0.25) is 4.79 Å². The Morgan fingerprint density at radius 3 is 2.83 bits per heavy atom. The summed E-state index contributed by atoms with van der Waals surface area (Å²) in [6.07, 6.45) is 4.83. The fourth-order valence-electron chi connectivity index (χ4n) is 2.67. The first-order valence-electron chi connectivity index (χ1n) is 7.52. The van der Waals surface area contributed by atoms with Crippen molar-refractivity contribution in [2.24, 2.45) is 0 Å². The van der Waals surface area contributed by atoms with Gasteiger partial charge in [0.05, 0.1) is 12.1 Å². The second kappa shape index (κ2) is 6.34. The quantitative estimate of drug-likeness (QED) is 0.924. The van der Waals surface area contributed by atoms with E-state index in [9.17, 15) is 9.90 Å². The second-order valence-corrected chi connectivity index (χ2v) is 5.88. The average molecular weight is 313 g/mol. The third-order valence-electron chi connectivity index (χ3n) is 4.02. The standard InChI is InChI=1S/C17H19N3O3/c1-13-4-2-3-5-15(13)23-11-17(22)6-7-20(10-17)16(21)14-8-18-12-19-9-14/h2-5,8-9,12,22H,6-7,10-11H2,1H3. The Balaban J connectivity index is 1.62. The molecule has 1 aromatic carbocycles. The van der Waals surface area contributed by atoms with Crippen LogP contribution < -0.4 is 4.74 Å². The first kappa shape index (κ1) is 15.4. The number of para-hydroxylation sites is 1. The van der Waals surface area contributed by atoms with E-state index >= 15 is 0 Å². The number of aliphatic hydroxyl groups is 1. The molecule has 3 rings (SSSR count). The number of nitrogens with zero attached hydrogens (tertiary/aromatic N) is 3. The molecule has 2 heterocycles. The van der Waals surface area contributed by atoms with E-state index in [0.717, 1.165) is 11.3 Å². The molecule has 1 unspecified atom stereocenters. The number of aryl methyl sites for hydroxylation is 1. The van der Waals surface area contributed by atoms with Gasteiger partial charge in [0.25, 0.3) is 5.91 Å². The average Bonchev–Trinajstić information content (AvgIpc) is 2.97. The van der Waals surface area contributed by atoms with Crippen LogP contribution in [0.1, 0.15) is 22.3 Å². The van der Waals surface area contributed by atoms with Gasteiger partial charge in [-0.25, -0.2) is 9.97 Å². The van der Waals surface area contributed by atoms with Crippen LogP contribution in [0.5, 0.6) is 5.75 Å². The molecule has 2 aromatic rings. The summed E-state index contributed by atoms with van der Waals surface area (Å²) in [7, 11) is 0. The SMILES string of the molecule is Cc1ccccc1OCC1(O)CCN(C(=O)c2cncnc2)C1. The summed E-state index contributed by atoms with van der Waals surface area (Å²) in [5.74, 6) is 0.583. The second-order valence-electron chi connectivity index (χ2n) is 5.88. The lowest BCUT2D eigenvalue weighted by Crippen LogP contribution is -2.40. The molecule has 1 atom stereocenters. The minimum atomic E-state index is -1.03. The predicted molar refractivity (Wildman–Crippen MR) is 84.2 cm³/mol. The number of ether oxygens (including phenoxy) is 1. The molecule has 0 radical (unpaired) electrons. The van der Waals surface area contributed by atoms with E-state index in [1.807, 2.05) is 31.2 Å². The van der Waals surface area contributed by atoms with Gasteiger partial charge in [0.15, 0.2) is 0 Å². The summed E-state index contributed by atoms with van der Waals surface area (Å²) in [6, 6.07) is 7.66. The molecule has 0 aliphatic carbocycles. The molecule has 1 saturated heterocycles. The van der Waals surface area contributed by atoms with Gasteiger partial charge in [-0.2, -0.15) is 0 Å². The normalized spacial score (nSPS) is 20.5. The van der Waals surface area contributed by atoms with Crippen LogP contribution in [0.25, 0.3) is 0 Å². The number of likely N-dealkylation sites (tertiary alicyclic amines) is 1. The molecule has 6 nitrogen and oxygen atoms in total. The van der Waals surface area contributed by atoms with Crippen molar-refractivity contribution in [3.63, 3.8) is 0 Å². The lowest BCUT2D eigenvalue weighted by atomic mass is 10.1. The van der Waals surface area contributed by atoms with Gasteiger partial charge in [0.1, 0.15) is 24.3 Å². The first-order chi connectivity index (χ1) is 11.1. The molecule has 1 aliphatic heterocycles. The largest absolute Gasteiger partial charge is 0.490 e.